The first-order valence-corrected chi connectivity index (χ1v) is 4.44. The van der Waals surface area contributed by atoms with Crippen LogP contribution in [0.2, 0.25) is 0 Å². The molecule has 1 aliphatic rings. The van der Waals surface area contributed by atoms with E-state index >= 15 is 0 Å². The molecule has 74 valence electrons. The van der Waals surface area contributed by atoms with Crippen LogP contribution in [0.5, 0.6) is 0 Å². The lowest BCUT2D eigenvalue weighted by atomic mass is 10.1. The van der Waals surface area contributed by atoms with Crippen LogP contribution < -0.4 is 0 Å². The Morgan fingerprint density at radius 2 is 2.54 bits per heavy atom. The van der Waals surface area contributed by atoms with Crippen LogP contribution in [0, 0.1) is 0 Å². The van der Waals surface area contributed by atoms with E-state index in [0.717, 1.165) is 6.42 Å². The highest BCUT2D eigenvalue weighted by Crippen LogP contribution is 2.15. The average Bonchev–Trinajstić information content (AvgIpc) is 2.11. The zero-order valence-corrected chi connectivity index (χ0v) is 7.61. The minimum absolute atomic E-state index is 0.101. The number of nitrogens with zero attached hydrogens (tertiary/aromatic N) is 1. The average molecular weight is 185 g/mol. The van der Waals surface area contributed by atoms with Crippen molar-refractivity contribution < 1.29 is 14.6 Å². The van der Waals surface area contributed by atoms with Crippen LogP contribution in [0.1, 0.15) is 12.8 Å². The molecular weight excluding hydrogens is 170 g/mol. The first-order valence-electron chi connectivity index (χ1n) is 4.44. The molecule has 0 bridgehead atoms. The van der Waals surface area contributed by atoms with Gasteiger partial charge in [-0.3, -0.25) is 0 Å². The SMILES string of the molecule is C=CCN1C(=O)OCCC1CCO. The summed E-state index contributed by atoms with van der Waals surface area (Å²) in [6.45, 7) is 4.62. The number of carbonyl (C=O) groups is 1. The number of carbonyl (C=O) groups excluding carboxylic acids is 1. The Bertz CT molecular complexity index is 191. The molecule has 1 heterocycles. The maximum Gasteiger partial charge on any atom is 0.410 e. The maximum absolute atomic E-state index is 11.2. The lowest BCUT2D eigenvalue weighted by Gasteiger charge is -2.33. The first kappa shape index (κ1) is 10.1. The lowest BCUT2D eigenvalue weighted by molar-refractivity contribution is 0.0421. The number of rotatable bonds is 4. The summed E-state index contributed by atoms with van der Waals surface area (Å²) in [5.74, 6) is 0. The Hall–Kier alpha value is -1.03. The predicted octanol–water partition coefficient (Wildman–Crippen LogP) is 0.766. The Morgan fingerprint density at radius 3 is 3.15 bits per heavy atom. The summed E-state index contributed by atoms with van der Waals surface area (Å²) < 4.78 is 4.88. The number of cyclic esters (lactones) is 1. The highest BCUT2D eigenvalue weighted by atomic mass is 16.6. The van der Waals surface area contributed by atoms with Crippen molar-refractivity contribution in [3.63, 3.8) is 0 Å². The molecule has 1 rings (SSSR count). The van der Waals surface area contributed by atoms with Crippen molar-refractivity contribution >= 4 is 6.09 Å². The number of aliphatic hydroxyl groups is 1. The summed E-state index contributed by atoms with van der Waals surface area (Å²) in [5.41, 5.74) is 0. The fourth-order valence-corrected chi connectivity index (χ4v) is 1.48. The molecule has 0 radical (unpaired) electrons. The smallest absolute Gasteiger partial charge is 0.410 e. The van der Waals surface area contributed by atoms with Crippen LogP contribution >= 0.6 is 0 Å². The molecule has 4 heteroatoms. The molecule has 13 heavy (non-hydrogen) atoms. The first-order chi connectivity index (χ1) is 6.29. The van der Waals surface area contributed by atoms with E-state index in [1.54, 1.807) is 11.0 Å². The van der Waals surface area contributed by atoms with E-state index in [9.17, 15) is 4.79 Å². The van der Waals surface area contributed by atoms with E-state index < -0.39 is 0 Å². The van der Waals surface area contributed by atoms with E-state index in [1.165, 1.54) is 0 Å². The van der Waals surface area contributed by atoms with E-state index in [4.69, 9.17) is 9.84 Å². The zero-order chi connectivity index (χ0) is 9.68. The quantitative estimate of drug-likeness (QED) is 0.658. The van der Waals surface area contributed by atoms with Gasteiger partial charge in [-0.25, -0.2) is 4.79 Å². The molecule has 0 aromatic heterocycles. The predicted molar refractivity (Wildman–Crippen MR) is 48.4 cm³/mol. The zero-order valence-electron chi connectivity index (χ0n) is 7.61. The van der Waals surface area contributed by atoms with Crippen LogP contribution in [0.3, 0.4) is 0 Å². The maximum atomic E-state index is 11.2. The van der Waals surface area contributed by atoms with Gasteiger partial charge in [-0.15, -0.1) is 6.58 Å². The third-order valence-electron chi connectivity index (χ3n) is 2.14. The van der Waals surface area contributed by atoms with Crippen LogP contribution in [0.15, 0.2) is 12.7 Å². The van der Waals surface area contributed by atoms with Crippen molar-refractivity contribution in [2.24, 2.45) is 0 Å². The molecule has 0 aliphatic carbocycles. The van der Waals surface area contributed by atoms with Crippen LogP contribution in [-0.2, 0) is 4.74 Å². The summed E-state index contributed by atoms with van der Waals surface area (Å²) in [7, 11) is 0. The minimum atomic E-state index is -0.301. The van der Waals surface area contributed by atoms with Gasteiger partial charge in [-0.1, -0.05) is 6.08 Å². The molecule has 1 saturated heterocycles. The van der Waals surface area contributed by atoms with Crippen molar-refractivity contribution in [3.8, 4) is 0 Å². The molecule has 0 aromatic carbocycles. The Morgan fingerprint density at radius 1 is 1.77 bits per heavy atom. The molecule has 0 saturated carbocycles. The van der Waals surface area contributed by atoms with Gasteiger partial charge in [0.05, 0.1) is 6.61 Å². The van der Waals surface area contributed by atoms with Gasteiger partial charge in [0, 0.05) is 25.6 Å². The second-order valence-corrected chi connectivity index (χ2v) is 3.01. The third kappa shape index (κ3) is 2.45. The number of hydrogen-bond donors (Lipinski definition) is 1. The largest absolute Gasteiger partial charge is 0.449 e. The summed E-state index contributed by atoms with van der Waals surface area (Å²) in [4.78, 5) is 12.8. The molecule has 1 fully saturated rings. The molecule has 1 aliphatic heterocycles. The van der Waals surface area contributed by atoms with Crippen molar-refractivity contribution in [1.29, 1.82) is 0 Å². The number of ether oxygens (including phenoxy) is 1. The summed E-state index contributed by atoms with van der Waals surface area (Å²) >= 11 is 0. The Labute approximate surface area is 77.8 Å². The van der Waals surface area contributed by atoms with Gasteiger partial charge in [-0.2, -0.15) is 0 Å². The van der Waals surface area contributed by atoms with Crippen molar-refractivity contribution in [1.82, 2.24) is 4.90 Å². The van der Waals surface area contributed by atoms with Gasteiger partial charge in [0.15, 0.2) is 0 Å². The van der Waals surface area contributed by atoms with Gasteiger partial charge < -0.3 is 14.7 Å². The standard InChI is InChI=1S/C9H15NO3/c1-2-5-10-8(3-6-11)4-7-13-9(10)12/h2,8,11H,1,3-7H2. The number of hydrogen-bond acceptors (Lipinski definition) is 3. The van der Waals surface area contributed by atoms with Gasteiger partial charge in [0.1, 0.15) is 0 Å². The highest BCUT2D eigenvalue weighted by Gasteiger charge is 2.27. The van der Waals surface area contributed by atoms with Crippen molar-refractivity contribution in [2.75, 3.05) is 19.8 Å². The summed E-state index contributed by atoms with van der Waals surface area (Å²) in [6, 6.07) is 0.101. The van der Waals surface area contributed by atoms with Gasteiger partial charge in [0.2, 0.25) is 0 Å². The monoisotopic (exact) mass is 185 g/mol. The molecule has 0 spiro atoms. The molecular formula is C9H15NO3. The fraction of sp³-hybridized carbons (Fsp3) is 0.667. The van der Waals surface area contributed by atoms with Gasteiger partial charge >= 0.3 is 6.09 Å². The topological polar surface area (TPSA) is 49.8 Å². The van der Waals surface area contributed by atoms with Crippen LogP contribution in [0.25, 0.3) is 0 Å². The minimum Gasteiger partial charge on any atom is -0.449 e. The molecule has 1 unspecified atom stereocenters. The van der Waals surface area contributed by atoms with E-state index in [0.29, 0.717) is 19.6 Å². The third-order valence-corrected chi connectivity index (χ3v) is 2.14. The molecule has 1 N–H and O–H groups in total. The second kappa shape index (κ2) is 4.87. The molecule has 4 nitrogen and oxygen atoms in total. The number of amides is 1. The van der Waals surface area contributed by atoms with Crippen molar-refractivity contribution in [2.45, 2.75) is 18.9 Å². The van der Waals surface area contributed by atoms with E-state index in [1.807, 2.05) is 0 Å². The van der Waals surface area contributed by atoms with Gasteiger partial charge in [-0.05, 0) is 6.42 Å². The molecule has 0 aromatic rings. The fourth-order valence-electron chi connectivity index (χ4n) is 1.48. The highest BCUT2D eigenvalue weighted by molar-refractivity contribution is 5.68. The number of aliphatic hydroxyl groups excluding tert-OH is 1. The van der Waals surface area contributed by atoms with E-state index in [2.05, 4.69) is 6.58 Å². The Kier molecular flexibility index (Phi) is 3.76. The normalized spacial score (nSPS) is 22.7. The Balaban J connectivity index is 2.56. The lowest BCUT2D eigenvalue weighted by Crippen LogP contribution is -2.46. The van der Waals surface area contributed by atoms with Crippen molar-refractivity contribution in [3.05, 3.63) is 12.7 Å². The van der Waals surface area contributed by atoms with Gasteiger partial charge in [0.25, 0.3) is 0 Å². The summed E-state index contributed by atoms with van der Waals surface area (Å²) in [6.07, 6.45) is 2.77. The molecule has 1 amide bonds. The van der Waals surface area contributed by atoms with E-state index in [-0.39, 0.29) is 18.7 Å². The second-order valence-electron chi connectivity index (χ2n) is 3.01. The molecule has 1 atom stereocenters. The van der Waals surface area contributed by atoms with Crippen LogP contribution in [-0.4, -0.2) is 41.9 Å². The van der Waals surface area contributed by atoms with Crippen LogP contribution in [0.4, 0.5) is 4.79 Å². The summed E-state index contributed by atoms with van der Waals surface area (Å²) in [5, 5.41) is 8.79.